The Morgan fingerprint density at radius 1 is 1.19 bits per heavy atom. The van der Waals surface area contributed by atoms with E-state index in [0.717, 1.165) is 30.2 Å². The lowest BCUT2D eigenvalue weighted by molar-refractivity contribution is 0.459. The molecule has 0 bridgehead atoms. The van der Waals surface area contributed by atoms with E-state index < -0.39 is 0 Å². The Hall–Kier alpha value is -1.39. The molecule has 0 amide bonds. The molecule has 0 spiro atoms. The first-order chi connectivity index (χ1) is 10.1. The summed E-state index contributed by atoms with van der Waals surface area (Å²) in [5, 5.41) is 8.62. The average molecular weight is 307 g/mol. The first-order valence-corrected chi connectivity index (χ1v) is 7.84. The smallest absolute Gasteiger partial charge is 0.138 e. The van der Waals surface area contributed by atoms with E-state index in [0.29, 0.717) is 12.1 Å². The quantitative estimate of drug-likeness (QED) is 0.853. The number of nitrogens with one attached hydrogen (secondary N) is 1. The van der Waals surface area contributed by atoms with Crippen LogP contribution in [-0.2, 0) is 12.8 Å². The maximum Gasteiger partial charge on any atom is 0.138 e. The molecule has 2 aromatic rings. The van der Waals surface area contributed by atoms with E-state index in [-0.39, 0.29) is 0 Å². The Labute approximate surface area is 131 Å². The van der Waals surface area contributed by atoms with Crippen LogP contribution in [0.2, 0.25) is 5.02 Å². The highest BCUT2D eigenvalue weighted by atomic mass is 35.5. The number of hydrogen-bond donors (Lipinski definition) is 1. The zero-order chi connectivity index (χ0) is 15.2. The molecule has 0 aliphatic rings. The second kappa shape index (κ2) is 7.57. The van der Waals surface area contributed by atoms with Gasteiger partial charge in [0.25, 0.3) is 0 Å². The number of rotatable bonds is 7. The Kier molecular flexibility index (Phi) is 5.76. The van der Waals surface area contributed by atoms with Crippen molar-refractivity contribution in [1.82, 2.24) is 20.1 Å². The number of aromatic nitrogens is 3. The van der Waals surface area contributed by atoms with Gasteiger partial charge >= 0.3 is 0 Å². The van der Waals surface area contributed by atoms with Crippen LogP contribution in [0.15, 0.2) is 30.6 Å². The number of benzene rings is 1. The van der Waals surface area contributed by atoms with Gasteiger partial charge in [0, 0.05) is 23.5 Å². The molecule has 114 valence electrons. The van der Waals surface area contributed by atoms with Gasteiger partial charge in [-0.1, -0.05) is 30.7 Å². The molecule has 0 saturated heterocycles. The molecule has 21 heavy (non-hydrogen) atoms. The van der Waals surface area contributed by atoms with Gasteiger partial charge in [-0.05, 0) is 44.5 Å². The largest absolute Gasteiger partial charge is 0.313 e. The summed E-state index contributed by atoms with van der Waals surface area (Å²) >= 11 is 5.94. The van der Waals surface area contributed by atoms with Gasteiger partial charge in [0.2, 0.25) is 0 Å². The number of hydrogen-bond acceptors (Lipinski definition) is 3. The van der Waals surface area contributed by atoms with Crippen LogP contribution in [0.4, 0.5) is 0 Å². The molecule has 1 heterocycles. The van der Waals surface area contributed by atoms with Crippen LogP contribution in [-0.4, -0.2) is 27.4 Å². The van der Waals surface area contributed by atoms with E-state index in [1.807, 2.05) is 16.8 Å². The Morgan fingerprint density at radius 3 is 2.52 bits per heavy atom. The third-order valence-corrected chi connectivity index (χ3v) is 3.71. The van der Waals surface area contributed by atoms with Crippen molar-refractivity contribution >= 4 is 11.6 Å². The van der Waals surface area contributed by atoms with Crippen molar-refractivity contribution in [1.29, 1.82) is 0 Å². The molecule has 4 nitrogen and oxygen atoms in total. The molecule has 1 N–H and O–H groups in total. The monoisotopic (exact) mass is 306 g/mol. The molecule has 2 rings (SSSR count). The lowest BCUT2D eigenvalue weighted by atomic mass is 10.0. The Morgan fingerprint density at radius 2 is 1.90 bits per heavy atom. The first kappa shape index (κ1) is 16.0. The van der Waals surface area contributed by atoms with Gasteiger partial charge in [0.15, 0.2) is 0 Å². The van der Waals surface area contributed by atoms with E-state index in [2.05, 4.69) is 48.3 Å². The predicted molar refractivity (Wildman–Crippen MR) is 86.7 cm³/mol. The van der Waals surface area contributed by atoms with E-state index in [4.69, 9.17) is 11.6 Å². The highest BCUT2D eigenvalue weighted by molar-refractivity contribution is 6.30. The molecule has 0 fully saturated rings. The van der Waals surface area contributed by atoms with Gasteiger partial charge < -0.3 is 5.32 Å². The van der Waals surface area contributed by atoms with Crippen LogP contribution in [0.5, 0.6) is 0 Å². The van der Waals surface area contributed by atoms with Crippen molar-refractivity contribution in [2.24, 2.45) is 0 Å². The second-order valence-electron chi connectivity index (χ2n) is 5.50. The van der Waals surface area contributed by atoms with E-state index in [9.17, 15) is 0 Å². The van der Waals surface area contributed by atoms with E-state index >= 15 is 0 Å². The fourth-order valence-corrected chi connectivity index (χ4v) is 2.61. The minimum absolute atomic E-state index is 0.334. The third-order valence-electron chi connectivity index (χ3n) is 3.45. The van der Waals surface area contributed by atoms with Crippen LogP contribution < -0.4 is 5.32 Å². The zero-order valence-electron chi connectivity index (χ0n) is 12.9. The third kappa shape index (κ3) is 4.55. The molecular weight excluding hydrogens is 284 g/mol. The molecule has 0 saturated carbocycles. The molecule has 0 aliphatic carbocycles. The molecule has 1 atom stereocenters. The van der Waals surface area contributed by atoms with Crippen molar-refractivity contribution in [3.05, 3.63) is 47.0 Å². The summed E-state index contributed by atoms with van der Waals surface area (Å²) in [4.78, 5) is 4.41. The SMILES string of the molecule is CCNC(Cc1ccc(Cl)cc1)Cc1ncnn1C(C)C. The molecule has 5 heteroatoms. The normalized spacial score (nSPS) is 12.8. The highest BCUT2D eigenvalue weighted by Gasteiger charge is 2.15. The maximum atomic E-state index is 5.94. The second-order valence-corrected chi connectivity index (χ2v) is 5.94. The van der Waals surface area contributed by atoms with Crippen LogP contribution in [0.1, 0.15) is 38.2 Å². The maximum absolute atomic E-state index is 5.94. The van der Waals surface area contributed by atoms with Crippen LogP contribution in [0, 0.1) is 0 Å². The fourth-order valence-electron chi connectivity index (χ4n) is 2.48. The number of likely N-dealkylation sites (N-methyl/N-ethyl adjacent to an activating group) is 1. The average Bonchev–Trinajstić information content (AvgIpc) is 2.90. The summed E-state index contributed by atoms with van der Waals surface area (Å²) in [6, 6.07) is 8.73. The van der Waals surface area contributed by atoms with Gasteiger partial charge in [-0.25, -0.2) is 9.67 Å². The zero-order valence-corrected chi connectivity index (χ0v) is 13.6. The molecule has 0 radical (unpaired) electrons. The number of nitrogens with zero attached hydrogens (tertiary/aromatic N) is 3. The summed E-state index contributed by atoms with van der Waals surface area (Å²) in [5.41, 5.74) is 1.28. The molecule has 1 aromatic heterocycles. The predicted octanol–water partition coefficient (Wildman–Crippen LogP) is 3.28. The minimum Gasteiger partial charge on any atom is -0.313 e. The molecule has 1 unspecified atom stereocenters. The van der Waals surface area contributed by atoms with Gasteiger partial charge in [0.1, 0.15) is 12.2 Å². The van der Waals surface area contributed by atoms with Crippen molar-refractivity contribution in [2.45, 2.75) is 45.7 Å². The van der Waals surface area contributed by atoms with Crippen LogP contribution >= 0.6 is 11.6 Å². The van der Waals surface area contributed by atoms with Gasteiger partial charge in [0.05, 0.1) is 0 Å². The summed E-state index contributed by atoms with van der Waals surface area (Å²) in [7, 11) is 0. The van der Waals surface area contributed by atoms with E-state index in [1.54, 1.807) is 6.33 Å². The van der Waals surface area contributed by atoms with Crippen LogP contribution in [0.25, 0.3) is 0 Å². The molecule has 0 aliphatic heterocycles. The van der Waals surface area contributed by atoms with Crippen LogP contribution in [0.3, 0.4) is 0 Å². The minimum atomic E-state index is 0.334. The summed E-state index contributed by atoms with van der Waals surface area (Å²) in [5.74, 6) is 1.03. The molecule has 1 aromatic carbocycles. The van der Waals surface area contributed by atoms with Crippen molar-refractivity contribution < 1.29 is 0 Å². The topological polar surface area (TPSA) is 42.7 Å². The first-order valence-electron chi connectivity index (χ1n) is 7.46. The lowest BCUT2D eigenvalue weighted by Gasteiger charge is -2.19. The van der Waals surface area contributed by atoms with Gasteiger partial charge in [-0.3, -0.25) is 0 Å². The summed E-state index contributed by atoms with van der Waals surface area (Å²) in [6.07, 6.45) is 3.46. The Balaban J connectivity index is 2.08. The van der Waals surface area contributed by atoms with Crippen molar-refractivity contribution in [3.8, 4) is 0 Å². The lowest BCUT2D eigenvalue weighted by Crippen LogP contribution is -2.34. The van der Waals surface area contributed by atoms with Gasteiger partial charge in [-0.15, -0.1) is 0 Å². The van der Waals surface area contributed by atoms with Crippen molar-refractivity contribution in [3.63, 3.8) is 0 Å². The summed E-state index contributed by atoms with van der Waals surface area (Å²) in [6.45, 7) is 7.31. The van der Waals surface area contributed by atoms with Gasteiger partial charge in [-0.2, -0.15) is 5.10 Å². The Bertz CT molecular complexity index is 548. The number of halogens is 1. The fraction of sp³-hybridized carbons (Fsp3) is 0.500. The summed E-state index contributed by atoms with van der Waals surface area (Å²) < 4.78 is 1.99. The molecular formula is C16H23ClN4. The highest BCUT2D eigenvalue weighted by Crippen LogP contribution is 2.14. The van der Waals surface area contributed by atoms with Crippen molar-refractivity contribution in [2.75, 3.05) is 6.54 Å². The standard InChI is InChI=1S/C16H23ClN4/c1-4-18-15(9-13-5-7-14(17)8-6-13)10-16-19-11-20-21(16)12(2)3/h5-8,11-12,15,18H,4,9-10H2,1-3H3. The van der Waals surface area contributed by atoms with E-state index in [1.165, 1.54) is 5.56 Å².